The number of methoxy groups -OCH3 is 4. The van der Waals surface area contributed by atoms with Crippen LogP contribution in [0.5, 0.6) is 28.7 Å². The normalized spacial score (nSPS) is 9.45. The minimum atomic E-state index is -0.666. The smallest absolute Gasteiger partial charge is 0.343 e. The molecule has 0 aliphatic rings. The first-order valence-corrected chi connectivity index (χ1v) is 8.23. The third-order valence-electron chi connectivity index (χ3n) is 3.84. The lowest BCUT2D eigenvalue weighted by Gasteiger charge is -2.14. The Hall–Kier alpha value is -4.17. The van der Waals surface area contributed by atoms with E-state index in [2.05, 4.69) is 0 Å². The number of hydrogen-bond acceptors (Lipinski definition) is 8. The van der Waals surface area contributed by atoms with Crippen molar-refractivity contribution in [1.82, 2.24) is 0 Å². The van der Waals surface area contributed by atoms with Gasteiger partial charge in [0.15, 0.2) is 23.0 Å². The molecule has 0 aliphatic carbocycles. The van der Waals surface area contributed by atoms with Crippen molar-refractivity contribution in [3.8, 4) is 40.9 Å². The average molecular weight is 394 g/mol. The highest BCUT2D eigenvalue weighted by molar-refractivity contribution is 5.93. The number of nitriles is 2. The van der Waals surface area contributed by atoms with Gasteiger partial charge in [0.25, 0.3) is 0 Å². The summed E-state index contributed by atoms with van der Waals surface area (Å²) in [6.07, 6.45) is 1.40. The van der Waals surface area contributed by atoms with Crippen LogP contribution in [0.3, 0.4) is 0 Å². The van der Waals surface area contributed by atoms with Gasteiger partial charge in [-0.3, -0.25) is 0 Å². The maximum Gasteiger partial charge on any atom is 0.343 e. The van der Waals surface area contributed by atoms with Crippen molar-refractivity contribution in [2.24, 2.45) is 0 Å². The molecule has 0 fully saturated rings. The summed E-state index contributed by atoms with van der Waals surface area (Å²) >= 11 is 0. The van der Waals surface area contributed by atoms with Crippen LogP contribution in [-0.4, -0.2) is 34.4 Å². The topological polar surface area (TPSA) is 111 Å². The minimum Gasteiger partial charge on any atom is -0.493 e. The van der Waals surface area contributed by atoms with Crippen molar-refractivity contribution >= 4 is 12.0 Å². The van der Waals surface area contributed by atoms with Crippen LogP contribution in [0, 0.1) is 22.7 Å². The van der Waals surface area contributed by atoms with Gasteiger partial charge in [-0.2, -0.15) is 10.5 Å². The summed E-state index contributed by atoms with van der Waals surface area (Å²) in [7, 11) is 5.76. The fourth-order valence-electron chi connectivity index (χ4n) is 2.47. The van der Waals surface area contributed by atoms with Gasteiger partial charge in [-0.15, -0.1) is 0 Å². The summed E-state index contributed by atoms with van der Waals surface area (Å²) in [4.78, 5) is 12.6. The molecule has 2 aromatic carbocycles. The van der Waals surface area contributed by atoms with Gasteiger partial charge in [0.1, 0.15) is 17.7 Å². The Balaban J connectivity index is 2.37. The van der Waals surface area contributed by atoms with E-state index in [1.165, 1.54) is 52.7 Å². The molecule has 0 atom stereocenters. The summed E-state index contributed by atoms with van der Waals surface area (Å²) in [5.74, 6) is 0.735. The van der Waals surface area contributed by atoms with Crippen molar-refractivity contribution in [3.05, 3.63) is 47.0 Å². The molecule has 0 saturated carbocycles. The molecule has 0 bridgehead atoms. The predicted octanol–water partition coefficient (Wildman–Crippen LogP) is 3.37. The lowest BCUT2D eigenvalue weighted by molar-refractivity contribution is 0.0729. The second-order valence-electron chi connectivity index (χ2n) is 5.50. The molecule has 2 rings (SSSR count). The minimum absolute atomic E-state index is 0.0609. The largest absolute Gasteiger partial charge is 0.493 e. The number of esters is 1. The fourth-order valence-corrected chi connectivity index (χ4v) is 2.47. The van der Waals surface area contributed by atoms with Crippen LogP contribution in [0.25, 0.3) is 6.08 Å². The molecule has 8 nitrogen and oxygen atoms in total. The number of carbonyl (C=O) groups is 1. The van der Waals surface area contributed by atoms with Crippen molar-refractivity contribution in [3.63, 3.8) is 0 Å². The van der Waals surface area contributed by atoms with Gasteiger partial charge in [0.05, 0.1) is 34.0 Å². The molecule has 0 amide bonds. The first-order valence-electron chi connectivity index (χ1n) is 8.23. The Morgan fingerprint density at radius 3 is 1.90 bits per heavy atom. The van der Waals surface area contributed by atoms with Crippen LogP contribution < -0.4 is 23.7 Å². The third kappa shape index (κ3) is 4.76. The summed E-state index contributed by atoms with van der Waals surface area (Å²) in [5, 5.41) is 17.7. The number of nitrogens with zero attached hydrogens (tertiary/aromatic N) is 2. The van der Waals surface area contributed by atoms with Gasteiger partial charge in [-0.05, 0) is 35.9 Å². The molecular formula is C21H18N2O6. The fraction of sp³-hybridized carbons (Fsp3) is 0.190. The van der Waals surface area contributed by atoms with E-state index in [0.29, 0.717) is 22.8 Å². The Morgan fingerprint density at radius 2 is 1.41 bits per heavy atom. The molecule has 0 N–H and O–H groups in total. The molecule has 29 heavy (non-hydrogen) atoms. The van der Waals surface area contributed by atoms with E-state index in [1.807, 2.05) is 0 Å². The van der Waals surface area contributed by atoms with Crippen molar-refractivity contribution in [1.29, 1.82) is 10.5 Å². The molecule has 148 valence electrons. The van der Waals surface area contributed by atoms with Crippen molar-refractivity contribution in [2.45, 2.75) is 0 Å². The molecule has 0 radical (unpaired) electrons. The highest BCUT2D eigenvalue weighted by Gasteiger charge is 2.19. The maximum atomic E-state index is 12.6. The number of carbonyl (C=O) groups excluding carboxylic acids is 1. The number of rotatable bonds is 7. The molecule has 0 unspecified atom stereocenters. The van der Waals surface area contributed by atoms with Gasteiger partial charge in [0.2, 0.25) is 5.75 Å². The van der Waals surface area contributed by atoms with E-state index >= 15 is 0 Å². The van der Waals surface area contributed by atoms with Gasteiger partial charge in [-0.25, -0.2) is 4.79 Å². The highest BCUT2D eigenvalue weighted by Crippen LogP contribution is 2.39. The van der Waals surface area contributed by atoms with Crippen LogP contribution in [0.2, 0.25) is 0 Å². The number of allylic oxidation sites excluding steroid dienone is 1. The van der Waals surface area contributed by atoms with E-state index in [9.17, 15) is 4.79 Å². The molecule has 8 heteroatoms. The summed E-state index contributed by atoms with van der Waals surface area (Å²) < 4.78 is 26.4. The molecule has 0 aliphatic heterocycles. The first-order chi connectivity index (χ1) is 14.0. The van der Waals surface area contributed by atoms with Gasteiger partial charge < -0.3 is 23.7 Å². The maximum absolute atomic E-state index is 12.6. The van der Waals surface area contributed by atoms with Crippen LogP contribution >= 0.6 is 0 Å². The second kappa shape index (κ2) is 9.67. The SMILES string of the molecule is COc1cc(C=C(C#N)C#N)ccc1OC(=O)c1cc(OC)c(OC)c(OC)c1. The summed E-state index contributed by atoms with van der Waals surface area (Å²) in [6, 6.07) is 11.1. The zero-order valence-corrected chi connectivity index (χ0v) is 16.3. The Kier molecular flexibility index (Phi) is 7.05. The molecule has 0 heterocycles. The lowest BCUT2D eigenvalue weighted by Crippen LogP contribution is -2.10. The highest BCUT2D eigenvalue weighted by atomic mass is 16.6. The molecular weight excluding hydrogens is 376 g/mol. The predicted molar refractivity (Wildman–Crippen MR) is 103 cm³/mol. The zero-order valence-electron chi connectivity index (χ0n) is 16.3. The van der Waals surface area contributed by atoms with Crippen LogP contribution in [0.1, 0.15) is 15.9 Å². The van der Waals surface area contributed by atoms with E-state index in [-0.39, 0.29) is 22.6 Å². The molecule has 0 spiro atoms. The van der Waals surface area contributed by atoms with Crippen LogP contribution in [0.4, 0.5) is 0 Å². The van der Waals surface area contributed by atoms with Crippen molar-refractivity contribution in [2.75, 3.05) is 28.4 Å². The van der Waals surface area contributed by atoms with E-state index < -0.39 is 5.97 Å². The lowest BCUT2D eigenvalue weighted by atomic mass is 10.1. The number of hydrogen-bond donors (Lipinski definition) is 0. The first kappa shape index (κ1) is 21.1. The van der Waals surface area contributed by atoms with Crippen molar-refractivity contribution < 1.29 is 28.5 Å². The summed E-state index contributed by atoms with van der Waals surface area (Å²) in [5.41, 5.74) is 0.670. The van der Waals surface area contributed by atoms with Gasteiger partial charge >= 0.3 is 5.97 Å². The average Bonchev–Trinajstić information content (AvgIpc) is 2.76. The zero-order chi connectivity index (χ0) is 21.4. The Morgan fingerprint density at radius 1 is 0.828 bits per heavy atom. The summed E-state index contributed by atoms with van der Waals surface area (Å²) in [6.45, 7) is 0. The number of benzene rings is 2. The quantitative estimate of drug-likeness (QED) is 0.399. The van der Waals surface area contributed by atoms with E-state index in [1.54, 1.807) is 24.3 Å². The van der Waals surface area contributed by atoms with E-state index in [0.717, 1.165) is 0 Å². The molecule has 2 aromatic rings. The third-order valence-corrected chi connectivity index (χ3v) is 3.84. The van der Waals surface area contributed by atoms with Crippen LogP contribution in [0.15, 0.2) is 35.9 Å². The Labute approximate surface area is 168 Å². The van der Waals surface area contributed by atoms with E-state index in [4.69, 9.17) is 34.2 Å². The number of ether oxygens (including phenoxy) is 5. The molecule has 0 aromatic heterocycles. The Bertz CT molecular complexity index is 989. The van der Waals surface area contributed by atoms with Crippen LogP contribution in [-0.2, 0) is 0 Å². The second-order valence-corrected chi connectivity index (χ2v) is 5.50. The standard InChI is InChI=1S/C21H18N2O6/c1-25-17-8-13(7-14(11-22)12-23)5-6-16(17)29-21(24)15-9-18(26-2)20(28-4)19(10-15)27-3/h5-10H,1-4H3. The molecule has 0 saturated heterocycles. The monoisotopic (exact) mass is 394 g/mol. The van der Waals surface area contributed by atoms with Gasteiger partial charge in [0, 0.05) is 0 Å². The van der Waals surface area contributed by atoms with Gasteiger partial charge in [-0.1, -0.05) is 6.07 Å².